The monoisotopic (exact) mass is 346 g/mol. The largest absolute Gasteiger partial charge is 0.325 e. The van der Waals surface area contributed by atoms with E-state index in [1.165, 1.54) is 38.1 Å². The van der Waals surface area contributed by atoms with E-state index in [0.717, 1.165) is 5.56 Å². The summed E-state index contributed by atoms with van der Waals surface area (Å²) in [5.74, 6) is -0.441. The van der Waals surface area contributed by atoms with Crippen molar-refractivity contribution in [2.24, 2.45) is 0 Å². The molecule has 7 heteroatoms. The first kappa shape index (κ1) is 17.7. The molecule has 0 spiro atoms. The van der Waals surface area contributed by atoms with Gasteiger partial charge in [-0.2, -0.15) is 0 Å². The highest BCUT2D eigenvalue weighted by Crippen LogP contribution is 2.26. The summed E-state index contributed by atoms with van der Waals surface area (Å²) in [4.78, 5) is 22.6. The molecule has 0 aliphatic rings. The number of Topliss-reactive ketones (excluding diaryl/α,β-unsaturated/α-hetero) is 1. The molecule has 2 N–H and O–H groups in total. The van der Waals surface area contributed by atoms with Crippen LogP contribution in [-0.4, -0.2) is 20.1 Å². The summed E-state index contributed by atoms with van der Waals surface area (Å²) in [5, 5.41) is 2.59. The molecule has 0 fully saturated rings. The Morgan fingerprint density at radius 1 is 0.917 bits per heavy atom. The van der Waals surface area contributed by atoms with E-state index in [2.05, 4.69) is 10.0 Å². The lowest BCUT2D eigenvalue weighted by molar-refractivity contribution is -0.114. The van der Waals surface area contributed by atoms with Gasteiger partial charge >= 0.3 is 0 Å². The molecule has 2 aromatic rings. The number of sulfonamides is 1. The first-order valence-corrected chi connectivity index (χ1v) is 8.69. The van der Waals surface area contributed by atoms with E-state index in [1.54, 1.807) is 18.2 Å². The number of benzene rings is 2. The van der Waals surface area contributed by atoms with E-state index in [4.69, 9.17) is 0 Å². The third kappa shape index (κ3) is 4.20. The second-order valence-corrected chi connectivity index (χ2v) is 7.10. The lowest BCUT2D eigenvalue weighted by Crippen LogP contribution is -2.16. The maximum atomic E-state index is 12.5. The number of hydrogen-bond acceptors (Lipinski definition) is 4. The molecule has 0 heterocycles. The molecule has 1 amide bonds. The topological polar surface area (TPSA) is 92.3 Å². The van der Waals surface area contributed by atoms with Crippen LogP contribution in [0.25, 0.3) is 0 Å². The molecule has 0 aromatic heterocycles. The van der Waals surface area contributed by atoms with E-state index in [9.17, 15) is 18.0 Å². The van der Waals surface area contributed by atoms with Gasteiger partial charge in [0.05, 0.1) is 16.3 Å². The average molecular weight is 346 g/mol. The molecular formula is C17H18N2O4S. The Hall–Kier alpha value is -2.67. The van der Waals surface area contributed by atoms with Crippen LogP contribution in [0.15, 0.2) is 47.4 Å². The maximum Gasteiger partial charge on any atom is 0.261 e. The van der Waals surface area contributed by atoms with Crippen molar-refractivity contribution in [3.8, 4) is 0 Å². The minimum Gasteiger partial charge on any atom is -0.325 e. The molecule has 0 atom stereocenters. The highest BCUT2D eigenvalue weighted by molar-refractivity contribution is 7.92. The van der Waals surface area contributed by atoms with Gasteiger partial charge in [-0.3, -0.25) is 14.3 Å². The molecule has 0 unspecified atom stereocenters. The predicted molar refractivity (Wildman–Crippen MR) is 92.7 cm³/mol. The summed E-state index contributed by atoms with van der Waals surface area (Å²) in [5.41, 5.74) is 1.93. The van der Waals surface area contributed by atoms with Crippen LogP contribution in [0.4, 0.5) is 11.4 Å². The SMILES string of the molecule is CC(=O)Nc1ccc(C)cc1NS(=O)(=O)c1ccc(C(C)=O)cc1. The zero-order valence-corrected chi connectivity index (χ0v) is 14.4. The van der Waals surface area contributed by atoms with E-state index in [0.29, 0.717) is 11.3 Å². The van der Waals surface area contributed by atoms with Gasteiger partial charge in [0.2, 0.25) is 5.91 Å². The molecule has 2 rings (SSSR count). The van der Waals surface area contributed by atoms with Gasteiger partial charge in [0.25, 0.3) is 10.0 Å². The molecule has 6 nitrogen and oxygen atoms in total. The van der Waals surface area contributed by atoms with Crippen LogP contribution in [0.1, 0.15) is 29.8 Å². The zero-order valence-electron chi connectivity index (χ0n) is 13.6. The van der Waals surface area contributed by atoms with Crippen LogP contribution in [0.2, 0.25) is 0 Å². The van der Waals surface area contributed by atoms with Gasteiger partial charge in [-0.15, -0.1) is 0 Å². The Labute approximate surface area is 140 Å². The fourth-order valence-corrected chi connectivity index (χ4v) is 3.18. The van der Waals surface area contributed by atoms with E-state index in [-0.39, 0.29) is 22.3 Å². The molecule has 2 aromatic carbocycles. The van der Waals surface area contributed by atoms with Crippen LogP contribution in [0.5, 0.6) is 0 Å². The van der Waals surface area contributed by atoms with Crippen molar-refractivity contribution >= 4 is 33.1 Å². The molecule has 0 bridgehead atoms. The molecule has 24 heavy (non-hydrogen) atoms. The summed E-state index contributed by atoms with van der Waals surface area (Å²) in [6, 6.07) is 10.7. The molecule has 0 aliphatic carbocycles. The van der Waals surface area contributed by atoms with Crippen molar-refractivity contribution < 1.29 is 18.0 Å². The Morgan fingerprint density at radius 2 is 1.54 bits per heavy atom. The Morgan fingerprint density at radius 3 is 2.08 bits per heavy atom. The van der Waals surface area contributed by atoms with Crippen LogP contribution >= 0.6 is 0 Å². The number of ketones is 1. The molecule has 126 valence electrons. The van der Waals surface area contributed by atoms with Crippen molar-refractivity contribution in [1.29, 1.82) is 0 Å². The highest BCUT2D eigenvalue weighted by atomic mass is 32.2. The molecule has 0 aliphatic heterocycles. The standard InChI is InChI=1S/C17H18N2O4S/c1-11-4-9-16(18-13(3)21)17(10-11)19-24(22,23)15-7-5-14(6-8-15)12(2)20/h4-10,19H,1-3H3,(H,18,21). The van der Waals surface area contributed by atoms with Crippen molar-refractivity contribution in [1.82, 2.24) is 0 Å². The number of nitrogens with one attached hydrogen (secondary N) is 2. The minimum atomic E-state index is -3.84. The lowest BCUT2D eigenvalue weighted by Gasteiger charge is -2.14. The van der Waals surface area contributed by atoms with Crippen molar-refractivity contribution in [3.05, 3.63) is 53.6 Å². The van der Waals surface area contributed by atoms with E-state index in [1.807, 2.05) is 6.92 Å². The summed E-state index contributed by atoms with van der Waals surface area (Å²) >= 11 is 0. The normalized spacial score (nSPS) is 11.0. The zero-order chi connectivity index (χ0) is 17.9. The first-order chi connectivity index (χ1) is 11.2. The average Bonchev–Trinajstić information content (AvgIpc) is 2.49. The molecule has 0 radical (unpaired) electrons. The lowest BCUT2D eigenvalue weighted by atomic mass is 10.2. The number of amides is 1. The third-order valence-corrected chi connectivity index (χ3v) is 4.68. The van der Waals surface area contributed by atoms with Gasteiger partial charge in [-0.1, -0.05) is 18.2 Å². The second-order valence-electron chi connectivity index (χ2n) is 5.42. The van der Waals surface area contributed by atoms with Crippen molar-refractivity contribution in [3.63, 3.8) is 0 Å². The summed E-state index contributed by atoms with van der Waals surface area (Å²) in [6.45, 7) is 4.57. The van der Waals surface area contributed by atoms with Crippen LogP contribution < -0.4 is 10.0 Å². The predicted octanol–water partition coefficient (Wildman–Crippen LogP) is 2.96. The van der Waals surface area contributed by atoms with Crippen molar-refractivity contribution in [2.75, 3.05) is 10.0 Å². The molecule has 0 saturated carbocycles. The minimum absolute atomic E-state index is 0.0304. The fraction of sp³-hybridized carbons (Fsp3) is 0.176. The molecule has 0 saturated heterocycles. The molecular weight excluding hydrogens is 328 g/mol. The number of anilines is 2. The Bertz CT molecular complexity index is 887. The fourth-order valence-electron chi connectivity index (χ4n) is 2.11. The van der Waals surface area contributed by atoms with Gasteiger partial charge in [-0.25, -0.2) is 8.42 Å². The van der Waals surface area contributed by atoms with Gasteiger partial charge < -0.3 is 5.32 Å². The first-order valence-electron chi connectivity index (χ1n) is 7.21. The maximum absolute atomic E-state index is 12.5. The number of carbonyl (C=O) groups is 2. The van der Waals surface area contributed by atoms with Gasteiger partial charge in [0.15, 0.2) is 5.78 Å². The Balaban J connectivity index is 2.36. The summed E-state index contributed by atoms with van der Waals surface area (Å²) < 4.78 is 27.5. The number of aryl methyl sites for hydroxylation is 1. The van der Waals surface area contributed by atoms with Gasteiger partial charge in [0, 0.05) is 12.5 Å². The Kier molecular flexibility index (Phi) is 5.04. The van der Waals surface area contributed by atoms with E-state index < -0.39 is 10.0 Å². The summed E-state index contributed by atoms with van der Waals surface area (Å²) in [6.07, 6.45) is 0. The third-order valence-electron chi connectivity index (χ3n) is 3.30. The van der Waals surface area contributed by atoms with Crippen LogP contribution in [0.3, 0.4) is 0 Å². The second kappa shape index (κ2) is 6.84. The van der Waals surface area contributed by atoms with Gasteiger partial charge in [-0.05, 0) is 43.7 Å². The smallest absolute Gasteiger partial charge is 0.261 e. The van der Waals surface area contributed by atoms with Crippen LogP contribution in [0, 0.1) is 6.92 Å². The number of hydrogen-bond donors (Lipinski definition) is 2. The quantitative estimate of drug-likeness (QED) is 0.814. The highest BCUT2D eigenvalue weighted by Gasteiger charge is 2.17. The van der Waals surface area contributed by atoms with Gasteiger partial charge in [0.1, 0.15) is 0 Å². The number of carbonyl (C=O) groups excluding carboxylic acids is 2. The van der Waals surface area contributed by atoms with Crippen LogP contribution in [-0.2, 0) is 14.8 Å². The summed E-state index contributed by atoms with van der Waals surface area (Å²) in [7, 11) is -3.84. The van der Waals surface area contributed by atoms with E-state index >= 15 is 0 Å². The van der Waals surface area contributed by atoms with Crippen molar-refractivity contribution in [2.45, 2.75) is 25.7 Å². The number of rotatable bonds is 5.